The number of nitrogens with one attached hydrogen (secondary N) is 1. The van der Waals surface area contributed by atoms with Crippen LogP contribution in [0.1, 0.15) is 33.6 Å². The average molecular weight is 216 g/mol. The SMILES string of the molecule is CCC[C@H](NC(=O)C(N)C(C)C)C(=O)O. The second-order valence-corrected chi connectivity index (χ2v) is 3.96. The van der Waals surface area contributed by atoms with Crippen molar-refractivity contribution >= 4 is 11.9 Å². The van der Waals surface area contributed by atoms with Crippen LogP contribution in [0.25, 0.3) is 0 Å². The summed E-state index contributed by atoms with van der Waals surface area (Å²) in [5.41, 5.74) is 5.60. The van der Waals surface area contributed by atoms with Crippen molar-refractivity contribution in [1.82, 2.24) is 5.32 Å². The zero-order valence-electron chi connectivity index (χ0n) is 9.49. The topological polar surface area (TPSA) is 92.4 Å². The van der Waals surface area contributed by atoms with Crippen LogP contribution < -0.4 is 11.1 Å². The molecule has 1 unspecified atom stereocenters. The largest absolute Gasteiger partial charge is 0.480 e. The predicted molar refractivity (Wildman–Crippen MR) is 57.3 cm³/mol. The number of carbonyl (C=O) groups is 2. The first-order chi connectivity index (χ1) is 6.90. The fourth-order valence-corrected chi connectivity index (χ4v) is 1.12. The van der Waals surface area contributed by atoms with Crippen molar-refractivity contribution in [2.75, 3.05) is 0 Å². The van der Waals surface area contributed by atoms with Crippen LogP contribution in [0, 0.1) is 5.92 Å². The summed E-state index contributed by atoms with van der Waals surface area (Å²) in [7, 11) is 0. The lowest BCUT2D eigenvalue weighted by Gasteiger charge is -2.19. The molecule has 15 heavy (non-hydrogen) atoms. The van der Waals surface area contributed by atoms with E-state index < -0.39 is 24.0 Å². The Balaban J connectivity index is 4.28. The number of carbonyl (C=O) groups excluding carboxylic acids is 1. The molecule has 5 nitrogen and oxygen atoms in total. The molecule has 0 aromatic heterocycles. The molecule has 5 heteroatoms. The Hall–Kier alpha value is -1.10. The second kappa shape index (κ2) is 6.40. The minimum atomic E-state index is -1.01. The maximum absolute atomic E-state index is 11.5. The van der Waals surface area contributed by atoms with Crippen LogP contribution in [-0.2, 0) is 9.59 Å². The van der Waals surface area contributed by atoms with Crippen LogP contribution in [0.4, 0.5) is 0 Å². The van der Waals surface area contributed by atoms with Crippen LogP contribution in [0.15, 0.2) is 0 Å². The fourth-order valence-electron chi connectivity index (χ4n) is 1.12. The Kier molecular flexibility index (Phi) is 5.93. The molecule has 0 bridgehead atoms. The fraction of sp³-hybridized carbons (Fsp3) is 0.800. The van der Waals surface area contributed by atoms with Crippen molar-refractivity contribution in [1.29, 1.82) is 0 Å². The maximum Gasteiger partial charge on any atom is 0.326 e. The predicted octanol–water partition coefficient (Wildman–Crippen LogP) is 0.339. The quantitative estimate of drug-likeness (QED) is 0.597. The minimum absolute atomic E-state index is 0.000992. The van der Waals surface area contributed by atoms with Crippen molar-refractivity contribution in [2.45, 2.75) is 45.7 Å². The van der Waals surface area contributed by atoms with Crippen molar-refractivity contribution < 1.29 is 14.7 Å². The molecular formula is C10H20N2O3. The number of aliphatic carboxylic acids is 1. The van der Waals surface area contributed by atoms with Gasteiger partial charge in [0.25, 0.3) is 0 Å². The van der Waals surface area contributed by atoms with E-state index in [1.807, 2.05) is 20.8 Å². The van der Waals surface area contributed by atoms with Gasteiger partial charge < -0.3 is 16.2 Å². The van der Waals surface area contributed by atoms with Crippen LogP contribution in [0.2, 0.25) is 0 Å². The molecule has 0 aromatic carbocycles. The maximum atomic E-state index is 11.5. The summed E-state index contributed by atoms with van der Waals surface area (Å²) in [6, 6.07) is -1.48. The summed E-state index contributed by atoms with van der Waals surface area (Å²) in [5.74, 6) is -1.41. The van der Waals surface area contributed by atoms with Gasteiger partial charge in [-0.3, -0.25) is 4.79 Å². The zero-order valence-corrected chi connectivity index (χ0v) is 9.49. The van der Waals surface area contributed by atoms with Gasteiger partial charge in [-0.2, -0.15) is 0 Å². The van der Waals surface area contributed by atoms with Gasteiger partial charge in [0.05, 0.1) is 6.04 Å². The molecule has 0 rings (SSSR count). The lowest BCUT2D eigenvalue weighted by molar-refractivity contribution is -0.142. The molecule has 0 heterocycles. The normalized spacial score (nSPS) is 14.7. The summed E-state index contributed by atoms with van der Waals surface area (Å²) < 4.78 is 0. The molecule has 0 saturated carbocycles. The number of amides is 1. The summed E-state index contributed by atoms with van der Waals surface area (Å²) >= 11 is 0. The molecule has 0 saturated heterocycles. The highest BCUT2D eigenvalue weighted by atomic mass is 16.4. The van der Waals surface area contributed by atoms with Crippen molar-refractivity contribution in [2.24, 2.45) is 11.7 Å². The van der Waals surface area contributed by atoms with E-state index in [1.165, 1.54) is 0 Å². The van der Waals surface area contributed by atoms with Crippen LogP contribution in [-0.4, -0.2) is 29.1 Å². The van der Waals surface area contributed by atoms with Crippen LogP contribution in [0.5, 0.6) is 0 Å². The van der Waals surface area contributed by atoms with Gasteiger partial charge in [0.15, 0.2) is 0 Å². The lowest BCUT2D eigenvalue weighted by atomic mass is 10.0. The van der Waals surface area contributed by atoms with E-state index >= 15 is 0 Å². The standard InChI is InChI=1S/C10H20N2O3/c1-4-5-7(10(14)15)12-9(13)8(11)6(2)3/h6-8H,4-5,11H2,1-3H3,(H,12,13)(H,14,15)/t7-,8?/m0/s1. The second-order valence-electron chi connectivity index (χ2n) is 3.96. The molecule has 2 atom stereocenters. The minimum Gasteiger partial charge on any atom is -0.480 e. The first-order valence-electron chi connectivity index (χ1n) is 5.18. The Labute approximate surface area is 90.0 Å². The zero-order chi connectivity index (χ0) is 12.0. The highest BCUT2D eigenvalue weighted by molar-refractivity contribution is 5.86. The summed E-state index contributed by atoms with van der Waals surface area (Å²) in [5, 5.41) is 11.3. The molecule has 4 N–H and O–H groups in total. The smallest absolute Gasteiger partial charge is 0.326 e. The summed E-state index contributed by atoms with van der Waals surface area (Å²) in [6.45, 7) is 5.50. The van der Waals surface area contributed by atoms with Gasteiger partial charge in [0, 0.05) is 0 Å². The number of carboxylic acids is 1. The average Bonchev–Trinajstić information content (AvgIpc) is 2.15. The van der Waals surface area contributed by atoms with Crippen molar-refractivity contribution in [3.8, 4) is 0 Å². The van der Waals surface area contributed by atoms with E-state index in [-0.39, 0.29) is 5.92 Å². The molecule has 0 aliphatic rings. The van der Waals surface area contributed by atoms with Crippen molar-refractivity contribution in [3.63, 3.8) is 0 Å². The van der Waals surface area contributed by atoms with Crippen LogP contribution in [0.3, 0.4) is 0 Å². The van der Waals surface area contributed by atoms with Gasteiger partial charge in [0.2, 0.25) is 5.91 Å². The molecule has 0 aromatic rings. The Bertz CT molecular complexity index is 229. The van der Waals surface area contributed by atoms with E-state index in [0.717, 1.165) is 0 Å². The summed E-state index contributed by atoms with van der Waals surface area (Å²) in [6.07, 6.45) is 1.13. The first-order valence-corrected chi connectivity index (χ1v) is 5.18. The van der Waals surface area contributed by atoms with E-state index in [2.05, 4.69) is 5.32 Å². The summed E-state index contributed by atoms with van der Waals surface area (Å²) in [4.78, 5) is 22.2. The van der Waals surface area contributed by atoms with Crippen molar-refractivity contribution in [3.05, 3.63) is 0 Å². The highest BCUT2D eigenvalue weighted by Gasteiger charge is 2.23. The molecule has 0 radical (unpaired) electrons. The molecule has 0 fully saturated rings. The Morgan fingerprint density at radius 1 is 1.40 bits per heavy atom. The number of hydrogen-bond donors (Lipinski definition) is 3. The van der Waals surface area contributed by atoms with Gasteiger partial charge >= 0.3 is 5.97 Å². The Morgan fingerprint density at radius 2 is 1.93 bits per heavy atom. The van der Waals surface area contributed by atoms with Crippen LogP contribution >= 0.6 is 0 Å². The van der Waals surface area contributed by atoms with E-state index in [1.54, 1.807) is 0 Å². The number of nitrogens with two attached hydrogens (primary N) is 1. The van der Waals surface area contributed by atoms with Gasteiger partial charge in [0.1, 0.15) is 6.04 Å². The van der Waals surface area contributed by atoms with E-state index in [9.17, 15) is 9.59 Å². The van der Waals surface area contributed by atoms with Gasteiger partial charge in [-0.15, -0.1) is 0 Å². The molecule has 0 spiro atoms. The van der Waals surface area contributed by atoms with Gasteiger partial charge in [-0.1, -0.05) is 27.2 Å². The molecule has 88 valence electrons. The third-order valence-electron chi connectivity index (χ3n) is 2.21. The number of hydrogen-bond acceptors (Lipinski definition) is 3. The van der Waals surface area contributed by atoms with Gasteiger partial charge in [-0.25, -0.2) is 4.79 Å². The molecule has 0 aliphatic carbocycles. The number of carboxylic acid groups (broad SMARTS) is 1. The molecule has 1 amide bonds. The van der Waals surface area contributed by atoms with E-state index in [0.29, 0.717) is 12.8 Å². The number of rotatable bonds is 6. The lowest BCUT2D eigenvalue weighted by Crippen LogP contribution is -2.50. The first kappa shape index (κ1) is 13.9. The highest BCUT2D eigenvalue weighted by Crippen LogP contribution is 2.01. The molecular weight excluding hydrogens is 196 g/mol. The monoisotopic (exact) mass is 216 g/mol. The van der Waals surface area contributed by atoms with Gasteiger partial charge in [-0.05, 0) is 12.3 Å². The molecule has 0 aliphatic heterocycles. The third-order valence-corrected chi connectivity index (χ3v) is 2.21. The third kappa shape index (κ3) is 4.78. The van der Waals surface area contributed by atoms with E-state index in [4.69, 9.17) is 10.8 Å². The Morgan fingerprint density at radius 3 is 2.27 bits per heavy atom.